The molecule has 122 valence electrons. The van der Waals surface area contributed by atoms with Gasteiger partial charge in [-0.05, 0) is 43.2 Å². The minimum Gasteiger partial charge on any atom is -0.366 e. The van der Waals surface area contributed by atoms with E-state index in [1.165, 1.54) is 19.4 Å². The lowest BCUT2D eigenvalue weighted by Gasteiger charge is -2.36. The molecule has 5 heteroatoms. The molecule has 2 heterocycles. The van der Waals surface area contributed by atoms with Crippen molar-refractivity contribution in [3.63, 3.8) is 0 Å². The molecule has 1 aromatic rings. The number of hydrogen-bond acceptors (Lipinski definition) is 3. The smallest absolute Gasteiger partial charge is 0.255 e. The van der Waals surface area contributed by atoms with Gasteiger partial charge < -0.3 is 15.5 Å². The number of hydrogen-bond donors (Lipinski definition) is 1. The number of primary amides is 1. The first kappa shape index (κ1) is 14.7. The minimum atomic E-state index is -0.517. The highest BCUT2D eigenvalue weighted by Gasteiger charge is 2.37. The maximum atomic E-state index is 12.8. The van der Waals surface area contributed by atoms with Crippen LogP contribution in [-0.4, -0.2) is 47.3 Å². The van der Waals surface area contributed by atoms with Crippen molar-refractivity contribution in [3.05, 3.63) is 34.9 Å². The van der Waals surface area contributed by atoms with Gasteiger partial charge in [0, 0.05) is 32.2 Å². The van der Waals surface area contributed by atoms with Gasteiger partial charge in [0.15, 0.2) is 0 Å². The topological polar surface area (TPSA) is 66.6 Å². The maximum absolute atomic E-state index is 12.8. The fourth-order valence-electron chi connectivity index (χ4n) is 3.96. The van der Waals surface area contributed by atoms with Crippen LogP contribution in [0.2, 0.25) is 0 Å². The summed E-state index contributed by atoms with van der Waals surface area (Å²) in [5.41, 5.74) is 7.25. The van der Waals surface area contributed by atoms with Crippen LogP contribution in [0, 0.1) is 5.92 Å². The van der Waals surface area contributed by atoms with Crippen molar-refractivity contribution < 1.29 is 9.59 Å². The van der Waals surface area contributed by atoms with Crippen LogP contribution in [0.4, 0.5) is 0 Å². The fourth-order valence-corrected chi connectivity index (χ4v) is 3.96. The zero-order valence-electron chi connectivity index (χ0n) is 13.3. The van der Waals surface area contributed by atoms with Gasteiger partial charge in [0.05, 0.1) is 11.1 Å². The molecule has 5 nitrogen and oxygen atoms in total. The average molecular weight is 313 g/mol. The van der Waals surface area contributed by atoms with Gasteiger partial charge in [0.2, 0.25) is 5.91 Å². The molecule has 2 N–H and O–H groups in total. The predicted octanol–water partition coefficient (Wildman–Crippen LogP) is 1.62. The molecule has 4 rings (SSSR count). The molecule has 3 aliphatic rings. The van der Waals surface area contributed by atoms with Crippen molar-refractivity contribution in [2.24, 2.45) is 11.7 Å². The quantitative estimate of drug-likeness (QED) is 0.918. The average Bonchev–Trinajstić information content (AvgIpc) is 3.30. The highest BCUT2D eigenvalue weighted by molar-refractivity contribution is 6.09. The van der Waals surface area contributed by atoms with Crippen LogP contribution in [-0.2, 0) is 6.54 Å². The molecule has 0 radical (unpaired) electrons. The van der Waals surface area contributed by atoms with Crippen LogP contribution in [0.3, 0.4) is 0 Å². The minimum absolute atomic E-state index is 0.0185. The third-order valence-corrected chi connectivity index (χ3v) is 5.44. The number of carbonyl (C=O) groups is 2. The van der Waals surface area contributed by atoms with Gasteiger partial charge in [-0.3, -0.25) is 9.59 Å². The lowest BCUT2D eigenvalue weighted by molar-refractivity contribution is 0.0591. The Bertz CT molecular complexity index is 646. The molecular formula is C18H23N3O2. The highest BCUT2D eigenvalue weighted by atomic mass is 16.2. The Balaban J connectivity index is 1.46. The molecule has 2 aliphatic heterocycles. The van der Waals surface area contributed by atoms with Crippen molar-refractivity contribution in [2.45, 2.75) is 38.3 Å². The Hall–Kier alpha value is -1.88. The number of likely N-dealkylation sites (tertiary alicyclic amines) is 1. The molecule has 0 atom stereocenters. The zero-order chi connectivity index (χ0) is 16.0. The normalized spacial score (nSPS) is 22.4. The summed E-state index contributed by atoms with van der Waals surface area (Å²) >= 11 is 0. The molecule has 1 saturated carbocycles. The Morgan fingerprint density at radius 1 is 1.17 bits per heavy atom. The second-order valence-corrected chi connectivity index (χ2v) is 7.11. The van der Waals surface area contributed by atoms with Gasteiger partial charge in [-0.1, -0.05) is 12.1 Å². The molecule has 1 saturated heterocycles. The summed E-state index contributed by atoms with van der Waals surface area (Å²) in [4.78, 5) is 28.9. The first-order chi connectivity index (χ1) is 11.1. The standard InChI is InChI=1S/C18H23N3O2/c19-17(22)15-3-1-2-13-11-21(18(23)16(13)15)14-6-8-20(9-7-14)10-12-4-5-12/h1-3,12,14H,4-11H2,(H2,19,22). The van der Waals surface area contributed by atoms with Crippen LogP contribution in [0.5, 0.6) is 0 Å². The highest BCUT2D eigenvalue weighted by Crippen LogP contribution is 2.33. The molecule has 23 heavy (non-hydrogen) atoms. The fraction of sp³-hybridized carbons (Fsp3) is 0.556. The molecule has 0 bridgehead atoms. The van der Waals surface area contributed by atoms with E-state index in [-0.39, 0.29) is 11.9 Å². The number of nitrogens with zero attached hydrogens (tertiary/aromatic N) is 2. The Labute approximate surface area is 136 Å². The lowest BCUT2D eigenvalue weighted by atomic mass is 10.0. The summed E-state index contributed by atoms with van der Waals surface area (Å²) in [5.74, 6) is 0.383. The lowest BCUT2D eigenvalue weighted by Crippen LogP contribution is -2.45. The number of amides is 2. The largest absolute Gasteiger partial charge is 0.366 e. The molecule has 0 unspecified atom stereocenters. The third-order valence-electron chi connectivity index (χ3n) is 5.44. The van der Waals surface area contributed by atoms with Crippen molar-refractivity contribution in [3.8, 4) is 0 Å². The molecule has 0 spiro atoms. The van der Waals surface area contributed by atoms with Gasteiger partial charge in [-0.2, -0.15) is 0 Å². The third kappa shape index (κ3) is 2.74. The second kappa shape index (κ2) is 5.64. The maximum Gasteiger partial charge on any atom is 0.255 e. The summed E-state index contributed by atoms with van der Waals surface area (Å²) in [6, 6.07) is 5.68. The van der Waals surface area contributed by atoms with Gasteiger partial charge in [-0.15, -0.1) is 0 Å². The first-order valence-corrected chi connectivity index (χ1v) is 8.58. The Morgan fingerprint density at radius 2 is 1.91 bits per heavy atom. The van der Waals surface area contributed by atoms with Crippen molar-refractivity contribution in [1.82, 2.24) is 9.80 Å². The van der Waals surface area contributed by atoms with Gasteiger partial charge >= 0.3 is 0 Å². The Morgan fingerprint density at radius 3 is 2.57 bits per heavy atom. The predicted molar refractivity (Wildman–Crippen MR) is 87.0 cm³/mol. The van der Waals surface area contributed by atoms with E-state index in [0.717, 1.165) is 37.4 Å². The SMILES string of the molecule is NC(=O)c1cccc2c1C(=O)N(C1CCN(CC3CC3)CC1)C2. The summed E-state index contributed by atoms with van der Waals surface area (Å²) in [5, 5.41) is 0. The number of rotatable bonds is 4. The summed E-state index contributed by atoms with van der Waals surface area (Å²) in [6.45, 7) is 3.99. The zero-order valence-corrected chi connectivity index (χ0v) is 13.3. The molecular weight excluding hydrogens is 290 g/mol. The summed E-state index contributed by atoms with van der Waals surface area (Å²) < 4.78 is 0. The van der Waals surface area contributed by atoms with Crippen molar-refractivity contribution in [1.29, 1.82) is 0 Å². The first-order valence-electron chi connectivity index (χ1n) is 8.58. The van der Waals surface area contributed by atoms with Crippen molar-refractivity contribution in [2.75, 3.05) is 19.6 Å². The van der Waals surface area contributed by atoms with Crippen LogP contribution < -0.4 is 5.73 Å². The number of benzene rings is 1. The monoisotopic (exact) mass is 313 g/mol. The van der Waals surface area contributed by atoms with Gasteiger partial charge in [-0.25, -0.2) is 0 Å². The van der Waals surface area contributed by atoms with E-state index in [2.05, 4.69) is 4.90 Å². The van der Waals surface area contributed by atoms with E-state index in [1.807, 2.05) is 17.0 Å². The Kier molecular flexibility index (Phi) is 3.60. The molecule has 1 aromatic carbocycles. The van der Waals surface area contributed by atoms with E-state index >= 15 is 0 Å². The number of nitrogens with two attached hydrogens (primary N) is 1. The molecule has 0 aromatic heterocycles. The van der Waals surface area contributed by atoms with Crippen LogP contribution in [0.25, 0.3) is 0 Å². The van der Waals surface area contributed by atoms with Crippen LogP contribution in [0.1, 0.15) is 52.0 Å². The van der Waals surface area contributed by atoms with Gasteiger partial charge in [0.25, 0.3) is 5.91 Å². The molecule has 1 aliphatic carbocycles. The summed E-state index contributed by atoms with van der Waals surface area (Å²) in [6.07, 6.45) is 4.82. The molecule has 2 fully saturated rings. The number of fused-ring (bicyclic) bond motifs is 1. The van der Waals surface area contributed by atoms with Gasteiger partial charge in [0.1, 0.15) is 0 Å². The van der Waals surface area contributed by atoms with E-state index in [9.17, 15) is 9.59 Å². The molecule has 2 amide bonds. The van der Waals surface area contributed by atoms with E-state index in [1.54, 1.807) is 6.07 Å². The van der Waals surface area contributed by atoms with E-state index in [0.29, 0.717) is 17.7 Å². The van der Waals surface area contributed by atoms with Crippen LogP contribution in [0.15, 0.2) is 18.2 Å². The number of piperidine rings is 1. The van der Waals surface area contributed by atoms with Crippen molar-refractivity contribution >= 4 is 11.8 Å². The van der Waals surface area contributed by atoms with E-state index < -0.39 is 5.91 Å². The second-order valence-electron chi connectivity index (χ2n) is 7.11. The summed E-state index contributed by atoms with van der Waals surface area (Å²) in [7, 11) is 0. The number of carbonyl (C=O) groups excluding carboxylic acids is 2. The van der Waals surface area contributed by atoms with Crippen LogP contribution >= 0.6 is 0 Å². The van der Waals surface area contributed by atoms with E-state index in [4.69, 9.17) is 5.73 Å².